The lowest BCUT2D eigenvalue weighted by atomic mass is 10.2. The molecule has 0 aliphatic rings. The van der Waals surface area contributed by atoms with Crippen LogP contribution in [0, 0.1) is 0 Å². The molecule has 1 aromatic carbocycles. The first-order chi connectivity index (χ1) is 9.29. The highest BCUT2D eigenvalue weighted by Gasteiger charge is 2.21. The molecule has 5 nitrogen and oxygen atoms in total. The van der Waals surface area contributed by atoms with Gasteiger partial charge in [0, 0.05) is 10.6 Å². The smallest absolute Gasteiger partial charge is 0.242 e. The standard InChI is InChI=1S/C12H12Cl2N2O3S/c1-7(2)20(17,18)6-11-15-12(16-19-11)9-4-3-8(13)5-10(9)14/h3-5,7H,6H2,1-2H3. The molecule has 0 saturated carbocycles. The summed E-state index contributed by atoms with van der Waals surface area (Å²) in [5.74, 6) is -0.0107. The minimum atomic E-state index is -3.29. The normalized spacial score (nSPS) is 12.1. The number of sulfone groups is 1. The van der Waals surface area contributed by atoms with Gasteiger partial charge < -0.3 is 4.52 Å². The van der Waals surface area contributed by atoms with E-state index in [-0.39, 0.29) is 17.5 Å². The maximum Gasteiger partial charge on any atom is 0.242 e. The van der Waals surface area contributed by atoms with Gasteiger partial charge in [-0.3, -0.25) is 0 Å². The van der Waals surface area contributed by atoms with Gasteiger partial charge in [0.1, 0.15) is 5.75 Å². The third kappa shape index (κ3) is 3.31. The summed E-state index contributed by atoms with van der Waals surface area (Å²) in [5.41, 5.74) is 0.535. The fraction of sp³-hybridized carbons (Fsp3) is 0.333. The van der Waals surface area contributed by atoms with Crippen molar-refractivity contribution in [2.75, 3.05) is 0 Å². The van der Waals surface area contributed by atoms with Gasteiger partial charge in [0.25, 0.3) is 0 Å². The van der Waals surface area contributed by atoms with Gasteiger partial charge >= 0.3 is 0 Å². The Kier molecular flexibility index (Phi) is 4.36. The molecular formula is C12H12Cl2N2O3S. The van der Waals surface area contributed by atoms with E-state index in [1.165, 1.54) is 0 Å². The first-order valence-electron chi connectivity index (χ1n) is 5.79. The van der Waals surface area contributed by atoms with Crippen LogP contribution in [-0.2, 0) is 15.6 Å². The zero-order chi connectivity index (χ0) is 14.9. The maximum absolute atomic E-state index is 11.8. The van der Waals surface area contributed by atoms with Gasteiger partial charge in [0.2, 0.25) is 11.7 Å². The van der Waals surface area contributed by atoms with Crippen molar-refractivity contribution in [2.45, 2.75) is 24.9 Å². The molecular weight excluding hydrogens is 323 g/mol. The SMILES string of the molecule is CC(C)S(=O)(=O)Cc1nc(-c2ccc(Cl)cc2Cl)no1. The Morgan fingerprint density at radius 3 is 2.60 bits per heavy atom. The predicted molar refractivity (Wildman–Crippen MR) is 77.5 cm³/mol. The first-order valence-corrected chi connectivity index (χ1v) is 8.26. The van der Waals surface area contributed by atoms with Crippen LogP contribution < -0.4 is 0 Å². The van der Waals surface area contributed by atoms with E-state index >= 15 is 0 Å². The topological polar surface area (TPSA) is 73.1 Å². The van der Waals surface area contributed by atoms with Crippen molar-refractivity contribution >= 4 is 33.0 Å². The second kappa shape index (κ2) is 5.71. The summed E-state index contributed by atoms with van der Waals surface area (Å²) in [6.45, 7) is 3.20. The van der Waals surface area contributed by atoms with Crippen LogP contribution in [0.25, 0.3) is 11.4 Å². The molecule has 1 heterocycles. The Morgan fingerprint density at radius 2 is 2.00 bits per heavy atom. The van der Waals surface area contributed by atoms with E-state index in [9.17, 15) is 8.42 Å². The van der Waals surface area contributed by atoms with E-state index in [0.29, 0.717) is 15.6 Å². The van der Waals surface area contributed by atoms with Crippen LogP contribution in [0.5, 0.6) is 0 Å². The third-order valence-corrected chi connectivity index (χ3v) is 5.32. The second-order valence-corrected chi connectivity index (χ2v) is 7.89. The van der Waals surface area contributed by atoms with Crippen molar-refractivity contribution in [3.8, 4) is 11.4 Å². The molecule has 20 heavy (non-hydrogen) atoms. The van der Waals surface area contributed by atoms with E-state index in [2.05, 4.69) is 10.1 Å². The Labute approximate surface area is 126 Å². The summed E-state index contributed by atoms with van der Waals surface area (Å²) < 4.78 is 28.5. The summed E-state index contributed by atoms with van der Waals surface area (Å²) in [7, 11) is -3.29. The number of hydrogen-bond acceptors (Lipinski definition) is 5. The number of rotatable bonds is 4. The molecule has 2 rings (SSSR count). The molecule has 108 valence electrons. The monoisotopic (exact) mass is 334 g/mol. The Balaban J connectivity index is 2.30. The molecule has 0 amide bonds. The molecule has 0 N–H and O–H groups in total. The average Bonchev–Trinajstić information content (AvgIpc) is 2.76. The molecule has 0 fully saturated rings. The minimum Gasteiger partial charge on any atom is -0.338 e. The highest BCUT2D eigenvalue weighted by Crippen LogP contribution is 2.28. The van der Waals surface area contributed by atoms with Gasteiger partial charge in [-0.15, -0.1) is 0 Å². The van der Waals surface area contributed by atoms with Gasteiger partial charge in [0.05, 0.1) is 10.3 Å². The maximum atomic E-state index is 11.8. The van der Waals surface area contributed by atoms with E-state index in [0.717, 1.165) is 0 Å². The summed E-state index contributed by atoms with van der Waals surface area (Å²) in [4.78, 5) is 4.05. The van der Waals surface area contributed by atoms with Gasteiger partial charge in [0.15, 0.2) is 9.84 Å². The largest absolute Gasteiger partial charge is 0.338 e. The first kappa shape index (κ1) is 15.3. The molecule has 0 saturated heterocycles. The van der Waals surface area contributed by atoms with E-state index in [1.54, 1.807) is 32.0 Å². The number of halogens is 2. The van der Waals surface area contributed by atoms with Crippen molar-refractivity contribution < 1.29 is 12.9 Å². The number of nitrogens with zero attached hydrogens (tertiary/aromatic N) is 2. The molecule has 0 atom stereocenters. The number of benzene rings is 1. The van der Waals surface area contributed by atoms with Crippen LogP contribution in [0.4, 0.5) is 0 Å². The highest BCUT2D eigenvalue weighted by atomic mass is 35.5. The zero-order valence-electron chi connectivity index (χ0n) is 10.8. The van der Waals surface area contributed by atoms with Crippen LogP contribution in [-0.4, -0.2) is 23.8 Å². The lowest BCUT2D eigenvalue weighted by molar-refractivity contribution is 0.389. The van der Waals surface area contributed by atoms with Crippen molar-refractivity contribution in [1.29, 1.82) is 0 Å². The summed E-state index contributed by atoms with van der Waals surface area (Å²) >= 11 is 11.8. The van der Waals surface area contributed by atoms with Crippen molar-refractivity contribution in [3.63, 3.8) is 0 Å². The van der Waals surface area contributed by atoms with E-state index in [4.69, 9.17) is 27.7 Å². The average molecular weight is 335 g/mol. The lowest BCUT2D eigenvalue weighted by Crippen LogP contribution is -2.16. The summed E-state index contributed by atoms with van der Waals surface area (Å²) in [6, 6.07) is 4.85. The van der Waals surface area contributed by atoms with Crippen LogP contribution in [0.1, 0.15) is 19.7 Å². The molecule has 2 aromatic rings. The van der Waals surface area contributed by atoms with E-state index < -0.39 is 15.1 Å². The van der Waals surface area contributed by atoms with Crippen molar-refractivity contribution in [3.05, 3.63) is 34.1 Å². The fourth-order valence-corrected chi connectivity index (χ4v) is 2.72. The molecule has 0 aliphatic carbocycles. The number of aromatic nitrogens is 2. The van der Waals surface area contributed by atoms with Gasteiger partial charge in [-0.2, -0.15) is 4.98 Å². The van der Waals surface area contributed by atoms with Gasteiger partial charge in [-0.1, -0.05) is 28.4 Å². The van der Waals surface area contributed by atoms with Crippen LogP contribution in [0.2, 0.25) is 10.0 Å². The lowest BCUT2D eigenvalue weighted by Gasteiger charge is -2.03. The van der Waals surface area contributed by atoms with Crippen molar-refractivity contribution in [2.24, 2.45) is 0 Å². The van der Waals surface area contributed by atoms with Crippen molar-refractivity contribution in [1.82, 2.24) is 10.1 Å². The Bertz CT molecular complexity index is 726. The van der Waals surface area contributed by atoms with Gasteiger partial charge in [-0.25, -0.2) is 8.42 Å². The molecule has 0 radical (unpaired) electrons. The Morgan fingerprint density at radius 1 is 1.30 bits per heavy atom. The fourth-order valence-electron chi connectivity index (χ4n) is 1.43. The van der Waals surface area contributed by atoms with Gasteiger partial charge in [-0.05, 0) is 32.0 Å². The molecule has 0 unspecified atom stereocenters. The minimum absolute atomic E-state index is 0.0414. The third-order valence-electron chi connectivity index (χ3n) is 2.68. The van der Waals surface area contributed by atoms with E-state index in [1.807, 2.05) is 0 Å². The second-order valence-electron chi connectivity index (χ2n) is 4.49. The summed E-state index contributed by atoms with van der Waals surface area (Å²) in [6.07, 6.45) is 0. The zero-order valence-corrected chi connectivity index (χ0v) is 13.1. The quantitative estimate of drug-likeness (QED) is 0.856. The predicted octanol–water partition coefficient (Wildman–Crippen LogP) is 3.37. The van der Waals surface area contributed by atoms with Crippen LogP contribution in [0.15, 0.2) is 22.7 Å². The van der Waals surface area contributed by atoms with Crippen LogP contribution in [0.3, 0.4) is 0 Å². The molecule has 1 aromatic heterocycles. The molecule has 0 bridgehead atoms. The Hall–Kier alpha value is -1.11. The van der Waals surface area contributed by atoms with Crippen LogP contribution >= 0.6 is 23.2 Å². The molecule has 8 heteroatoms. The number of hydrogen-bond donors (Lipinski definition) is 0. The summed E-state index contributed by atoms with van der Waals surface area (Å²) in [5, 5.41) is 4.10. The molecule has 0 aliphatic heterocycles. The molecule has 0 spiro atoms. The highest BCUT2D eigenvalue weighted by molar-refractivity contribution is 7.91.